The Hall–Kier alpha value is -3.72. The molecule has 0 amide bonds. The van der Waals surface area contributed by atoms with Crippen LogP contribution in [0, 0.1) is 0 Å². The minimum absolute atomic E-state index is 0.0510. The van der Waals surface area contributed by atoms with Crippen molar-refractivity contribution in [3.05, 3.63) is 60.6 Å². The van der Waals surface area contributed by atoms with E-state index < -0.39 is 0 Å². The van der Waals surface area contributed by atoms with Crippen molar-refractivity contribution in [2.24, 2.45) is 0 Å². The van der Waals surface area contributed by atoms with Gasteiger partial charge in [-0.2, -0.15) is 5.10 Å². The van der Waals surface area contributed by atoms with E-state index in [1.54, 1.807) is 35.7 Å². The highest BCUT2D eigenvalue weighted by molar-refractivity contribution is 5.97. The molecule has 9 nitrogen and oxygen atoms in total. The molecule has 0 saturated carbocycles. The molecular weight excluding hydrogens is 428 g/mol. The topological polar surface area (TPSA) is 111 Å². The number of carbonyl (C=O) groups is 1. The van der Waals surface area contributed by atoms with E-state index in [9.17, 15) is 4.79 Å². The third-order valence-corrected chi connectivity index (χ3v) is 6.03. The maximum atomic E-state index is 12.7. The van der Waals surface area contributed by atoms with Gasteiger partial charge in [0.1, 0.15) is 11.6 Å². The molecule has 1 fully saturated rings. The van der Waals surface area contributed by atoms with Crippen LogP contribution >= 0.6 is 0 Å². The highest BCUT2D eigenvalue weighted by Gasteiger charge is 2.15. The minimum atomic E-state index is -0.0510. The first-order chi connectivity index (χ1) is 16.5. The van der Waals surface area contributed by atoms with Gasteiger partial charge in [0.05, 0.1) is 41.8 Å². The first kappa shape index (κ1) is 22.1. The number of carbonyl (C=O) groups excluding carboxylic acids is 1. The summed E-state index contributed by atoms with van der Waals surface area (Å²) in [6.07, 6.45) is 10.9. The molecule has 2 N–H and O–H groups in total. The molecular formula is C25H28N8O. The molecule has 4 heterocycles. The number of aromatic nitrogens is 6. The van der Waals surface area contributed by atoms with Gasteiger partial charge < -0.3 is 10.6 Å². The molecule has 0 spiro atoms. The largest absolute Gasteiger partial charge is 0.366 e. The summed E-state index contributed by atoms with van der Waals surface area (Å²) in [6, 6.07) is 6.54. The molecule has 5 rings (SSSR count). The summed E-state index contributed by atoms with van der Waals surface area (Å²) in [5.74, 6) is 1.21. The van der Waals surface area contributed by atoms with E-state index in [1.165, 1.54) is 0 Å². The standard InChI is InChI=1S/C25H28N8O/c1-16(2)33-15-19(12-29-33)23(34)10-24-28-11-18-4-3-17(9-21(18)31-24)22-13-27-14-25(32-22)30-20-5-7-26-8-6-20/h3-4,9,11-16,20,26H,5-8,10H2,1-2H3,(H,30,32). The number of fused-ring (bicyclic) bond motifs is 1. The number of ketones is 1. The highest BCUT2D eigenvalue weighted by Crippen LogP contribution is 2.23. The van der Waals surface area contributed by atoms with Gasteiger partial charge in [0.25, 0.3) is 0 Å². The van der Waals surface area contributed by atoms with Crippen LogP contribution in [0.3, 0.4) is 0 Å². The Morgan fingerprint density at radius 1 is 1.15 bits per heavy atom. The molecule has 9 heteroatoms. The smallest absolute Gasteiger partial charge is 0.173 e. The lowest BCUT2D eigenvalue weighted by molar-refractivity contribution is 0.0991. The fourth-order valence-electron chi connectivity index (χ4n) is 4.07. The molecule has 1 aliphatic rings. The molecule has 0 atom stereocenters. The van der Waals surface area contributed by atoms with E-state index in [2.05, 4.69) is 30.7 Å². The van der Waals surface area contributed by atoms with Gasteiger partial charge in [-0.15, -0.1) is 0 Å². The van der Waals surface area contributed by atoms with E-state index in [0.29, 0.717) is 17.4 Å². The van der Waals surface area contributed by atoms with Crippen molar-refractivity contribution in [1.82, 2.24) is 35.0 Å². The molecule has 1 saturated heterocycles. The predicted molar refractivity (Wildman–Crippen MR) is 131 cm³/mol. The maximum Gasteiger partial charge on any atom is 0.173 e. The summed E-state index contributed by atoms with van der Waals surface area (Å²) < 4.78 is 1.77. The van der Waals surface area contributed by atoms with Crippen molar-refractivity contribution in [2.75, 3.05) is 18.4 Å². The average Bonchev–Trinajstić information content (AvgIpc) is 3.36. The van der Waals surface area contributed by atoms with Gasteiger partial charge >= 0.3 is 0 Å². The van der Waals surface area contributed by atoms with Gasteiger partial charge in [-0.3, -0.25) is 14.5 Å². The first-order valence-corrected chi connectivity index (χ1v) is 11.7. The van der Waals surface area contributed by atoms with Crippen molar-refractivity contribution >= 4 is 22.5 Å². The molecule has 0 aliphatic carbocycles. The summed E-state index contributed by atoms with van der Waals surface area (Å²) in [6.45, 7) is 6.07. The number of anilines is 1. The Balaban J connectivity index is 1.35. The quantitative estimate of drug-likeness (QED) is 0.407. The summed E-state index contributed by atoms with van der Waals surface area (Å²) in [4.78, 5) is 30.9. The van der Waals surface area contributed by atoms with Crippen LogP contribution in [0.2, 0.25) is 0 Å². The Labute approximate surface area is 198 Å². The normalized spacial score (nSPS) is 14.6. The summed E-state index contributed by atoms with van der Waals surface area (Å²) in [5, 5.41) is 12.0. The number of piperidine rings is 1. The van der Waals surface area contributed by atoms with Crippen LogP contribution < -0.4 is 10.6 Å². The Morgan fingerprint density at radius 2 is 2.00 bits per heavy atom. The molecule has 0 unspecified atom stereocenters. The highest BCUT2D eigenvalue weighted by atomic mass is 16.1. The number of hydrogen-bond donors (Lipinski definition) is 2. The Kier molecular flexibility index (Phi) is 6.27. The number of hydrogen-bond acceptors (Lipinski definition) is 8. The molecule has 1 aliphatic heterocycles. The van der Waals surface area contributed by atoms with Crippen molar-refractivity contribution < 1.29 is 4.79 Å². The molecule has 0 bridgehead atoms. The van der Waals surface area contributed by atoms with Gasteiger partial charge in [0.15, 0.2) is 5.78 Å². The number of benzene rings is 1. The molecule has 3 aromatic heterocycles. The third-order valence-electron chi connectivity index (χ3n) is 6.03. The number of rotatable bonds is 7. The van der Waals surface area contributed by atoms with Gasteiger partial charge in [-0.1, -0.05) is 12.1 Å². The average molecular weight is 457 g/mol. The zero-order valence-corrected chi connectivity index (χ0v) is 19.4. The lowest BCUT2D eigenvalue weighted by Gasteiger charge is -2.24. The van der Waals surface area contributed by atoms with E-state index in [1.807, 2.05) is 32.0 Å². The second-order valence-corrected chi connectivity index (χ2v) is 8.92. The van der Waals surface area contributed by atoms with Gasteiger partial charge in [-0.05, 0) is 45.8 Å². The van der Waals surface area contributed by atoms with Crippen LogP contribution in [-0.4, -0.2) is 54.6 Å². The van der Waals surface area contributed by atoms with Crippen LogP contribution in [0.15, 0.2) is 49.2 Å². The molecule has 1 aromatic carbocycles. The Morgan fingerprint density at radius 3 is 2.79 bits per heavy atom. The van der Waals surface area contributed by atoms with Crippen LogP contribution in [0.4, 0.5) is 5.82 Å². The minimum Gasteiger partial charge on any atom is -0.366 e. The second-order valence-electron chi connectivity index (χ2n) is 8.92. The van der Waals surface area contributed by atoms with Gasteiger partial charge in [0, 0.05) is 35.4 Å². The zero-order chi connectivity index (χ0) is 23.5. The third kappa shape index (κ3) is 4.94. The van der Waals surface area contributed by atoms with Crippen molar-refractivity contribution in [3.8, 4) is 11.3 Å². The molecule has 0 radical (unpaired) electrons. The molecule has 174 valence electrons. The van der Waals surface area contributed by atoms with Crippen molar-refractivity contribution in [1.29, 1.82) is 0 Å². The predicted octanol–water partition coefficient (Wildman–Crippen LogP) is 3.45. The number of Topliss-reactive ketones (excluding diaryl/α,β-unsaturated/α-hetero) is 1. The molecule has 4 aromatic rings. The van der Waals surface area contributed by atoms with Crippen LogP contribution in [0.25, 0.3) is 22.2 Å². The lowest BCUT2D eigenvalue weighted by Crippen LogP contribution is -2.35. The monoisotopic (exact) mass is 456 g/mol. The van der Waals surface area contributed by atoms with Crippen LogP contribution in [0.1, 0.15) is 48.9 Å². The second kappa shape index (κ2) is 9.64. The number of nitrogens with zero attached hydrogens (tertiary/aromatic N) is 6. The summed E-state index contributed by atoms with van der Waals surface area (Å²) in [5.41, 5.74) is 3.03. The van der Waals surface area contributed by atoms with E-state index in [-0.39, 0.29) is 18.2 Å². The van der Waals surface area contributed by atoms with E-state index >= 15 is 0 Å². The van der Waals surface area contributed by atoms with E-state index in [0.717, 1.165) is 53.9 Å². The summed E-state index contributed by atoms with van der Waals surface area (Å²) in [7, 11) is 0. The fourth-order valence-corrected chi connectivity index (χ4v) is 4.07. The van der Waals surface area contributed by atoms with Gasteiger partial charge in [-0.25, -0.2) is 15.0 Å². The fraction of sp³-hybridized carbons (Fsp3) is 0.360. The van der Waals surface area contributed by atoms with Crippen LogP contribution in [0.5, 0.6) is 0 Å². The lowest BCUT2D eigenvalue weighted by atomic mass is 10.1. The summed E-state index contributed by atoms with van der Waals surface area (Å²) >= 11 is 0. The Bertz CT molecular complexity index is 1310. The SMILES string of the molecule is CC(C)n1cc(C(=O)Cc2ncc3ccc(-c4cncc(NC5CCNCC5)n4)cc3n2)cn1. The van der Waals surface area contributed by atoms with Gasteiger partial charge in [0.2, 0.25) is 0 Å². The van der Waals surface area contributed by atoms with Crippen molar-refractivity contribution in [3.63, 3.8) is 0 Å². The maximum absolute atomic E-state index is 12.7. The zero-order valence-electron chi connectivity index (χ0n) is 19.4. The van der Waals surface area contributed by atoms with E-state index in [4.69, 9.17) is 4.98 Å². The number of nitrogens with one attached hydrogen (secondary N) is 2. The first-order valence-electron chi connectivity index (χ1n) is 11.7. The van der Waals surface area contributed by atoms with Crippen molar-refractivity contribution in [2.45, 2.75) is 45.2 Å². The van der Waals surface area contributed by atoms with Crippen LogP contribution in [-0.2, 0) is 6.42 Å². The molecule has 34 heavy (non-hydrogen) atoms.